The first-order valence-corrected chi connectivity index (χ1v) is 11.0. The molecule has 5 nitrogen and oxygen atoms in total. The zero-order valence-electron chi connectivity index (χ0n) is 17.9. The lowest BCUT2D eigenvalue weighted by atomic mass is 9.85. The van der Waals surface area contributed by atoms with Crippen molar-refractivity contribution < 1.29 is 9.18 Å². The Kier molecular flexibility index (Phi) is 7.14. The Bertz CT molecular complexity index is 729. The highest BCUT2D eigenvalue weighted by Gasteiger charge is 2.44. The van der Waals surface area contributed by atoms with Crippen molar-refractivity contribution >= 4 is 11.9 Å². The van der Waals surface area contributed by atoms with E-state index in [0.29, 0.717) is 6.54 Å². The number of hydrogen-bond acceptors (Lipinski definition) is 2. The van der Waals surface area contributed by atoms with E-state index in [2.05, 4.69) is 22.9 Å². The smallest absolute Gasteiger partial charge is 0.223 e. The molecule has 29 heavy (non-hydrogen) atoms. The van der Waals surface area contributed by atoms with Crippen LogP contribution in [0.25, 0.3) is 0 Å². The average Bonchev–Trinajstić information content (AvgIpc) is 3.47. The van der Waals surface area contributed by atoms with Gasteiger partial charge in [-0.1, -0.05) is 18.6 Å². The van der Waals surface area contributed by atoms with Crippen LogP contribution in [0.4, 0.5) is 4.39 Å². The zero-order valence-corrected chi connectivity index (χ0v) is 17.9. The number of benzene rings is 1. The van der Waals surface area contributed by atoms with E-state index < -0.39 is 0 Å². The number of nitrogens with zero attached hydrogens (tertiary/aromatic N) is 1. The highest BCUT2D eigenvalue weighted by Crippen LogP contribution is 2.48. The third kappa shape index (κ3) is 5.94. The number of nitrogens with one attached hydrogen (secondary N) is 3. The normalized spacial score (nSPS) is 23.6. The molecule has 0 saturated heterocycles. The Morgan fingerprint density at radius 3 is 2.76 bits per heavy atom. The van der Waals surface area contributed by atoms with Gasteiger partial charge in [-0.05, 0) is 70.6 Å². The van der Waals surface area contributed by atoms with E-state index in [0.717, 1.165) is 56.6 Å². The number of amides is 1. The van der Waals surface area contributed by atoms with Crippen molar-refractivity contribution in [1.29, 1.82) is 0 Å². The molecule has 6 heteroatoms. The summed E-state index contributed by atoms with van der Waals surface area (Å²) in [5.41, 5.74) is 1.01. The summed E-state index contributed by atoms with van der Waals surface area (Å²) >= 11 is 0. The zero-order chi connectivity index (χ0) is 20.9. The number of hydrogen-bond donors (Lipinski definition) is 3. The van der Waals surface area contributed by atoms with E-state index in [1.165, 1.54) is 6.07 Å². The summed E-state index contributed by atoms with van der Waals surface area (Å²) in [5.74, 6) is 0.839. The van der Waals surface area contributed by atoms with Crippen molar-refractivity contribution in [2.24, 2.45) is 10.9 Å². The van der Waals surface area contributed by atoms with Gasteiger partial charge >= 0.3 is 0 Å². The minimum atomic E-state index is -0.185. The molecule has 1 aromatic rings. The van der Waals surface area contributed by atoms with Crippen molar-refractivity contribution in [3.8, 4) is 0 Å². The Hall–Kier alpha value is -2.11. The summed E-state index contributed by atoms with van der Waals surface area (Å²) in [7, 11) is 0. The van der Waals surface area contributed by atoms with Gasteiger partial charge in [0, 0.05) is 30.0 Å². The number of aliphatic imine (C=N–C) groups is 1. The topological polar surface area (TPSA) is 65.5 Å². The second-order valence-electron chi connectivity index (χ2n) is 8.85. The van der Waals surface area contributed by atoms with Crippen LogP contribution in [0.15, 0.2) is 29.3 Å². The second kappa shape index (κ2) is 9.59. The van der Waals surface area contributed by atoms with Crippen LogP contribution in [0.1, 0.15) is 64.9 Å². The van der Waals surface area contributed by atoms with Crippen LogP contribution in [-0.4, -0.2) is 37.0 Å². The van der Waals surface area contributed by atoms with Crippen molar-refractivity contribution in [2.75, 3.05) is 13.1 Å². The molecular formula is C23H35FN4O. The lowest BCUT2D eigenvalue weighted by molar-refractivity contribution is -0.126. The fourth-order valence-corrected chi connectivity index (χ4v) is 4.21. The van der Waals surface area contributed by atoms with Crippen LogP contribution in [0.3, 0.4) is 0 Å². The molecule has 2 aliphatic rings. The molecule has 2 aliphatic carbocycles. The second-order valence-corrected chi connectivity index (χ2v) is 8.85. The predicted octanol–water partition coefficient (Wildman–Crippen LogP) is 3.50. The molecular weight excluding hydrogens is 367 g/mol. The molecule has 160 valence electrons. The molecule has 0 bridgehead atoms. The Labute approximate surface area is 173 Å². The Balaban J connectivity index is 1.61. The van der Waals surface area contributed by atoms with Crippen LogP contribution in [-0.2, 0) is 10.2 Å². The van der Waals surface area contributed by atoms with E-state index >= 15 is 0 Å². The lowest BCUT2D eigenvalue weighted by Crippen LogP contribution is -2.47. The first-order chi connectivity index (χ1) is 13.9. The fourth-order valence-electron chi connectivity index (χ4n) is 4.21. The van der Waals surface area contributed by atoms with Gasteiger partial charge in [-0.2, -0.15) is 0 Å². The third-order valence-corrected chi connectivity index (χ3v) is 5.99. The monoisotopic (exact) mass is 402 g/mol. The molecule has 2 atom stereocenters. The van der Waals surface area contributed by atoms with Gasteiger partial charge in [-0.15, -0.1) is 0 Å². The van der Waals surface area contributed by atoms with Gasteiger partial charge in [0.2, 0.25) is 5.91 Å². The third-order valence-electron chi connectivity index (χ3n) is 5.99. The molecule has 0 aromatic heterocycles. The average molecular weight is 403 g/mol. The number of guanidine groups is 1. The van der Waals surface area contributed by atoms with Gasteiger partial charge < -0.3 is 16.0 Å². The molecule has 1 aromatic carbocycles. The number of carbonyl (C=O) groups excluding carboxylic acids is 1. The van der Waals surface area contributed by atoms with Gasteiger partial charge in [0.25, 0.3) is 0 Å². The van der Waals surface area contributed by atoms with E-state index in [1.807, 2.05) is 19.9 Å². The molecule has 2 fully saturated rings. The van der Waals surface area contributed by atoms with Gasteiger partial charge in [0.05, 0.1) is 6.54 Å². The van der Waals surface area contributed by atoms with Crippen LogP contribution in [0.5, 0.6) is 0 Å². The van der Waals surface area contributed by atoms with Crippen molar-refractivity contribution in [1.82, 2.24) is 16.0 Å². The summed E-state index contributed by atoms with van der Waals surface area (Å²) in [6, 6.07) is 7.33. The molecule has 0 spiro atoms. The van der Waals surface area contributed by atoms with E-state index in [9.17, 15) is 9.18 Å². The van der Waals surface area contributed by atoms with Crippen LogP contribution in [0, 0.1) is 11.7 Å². The first kappa shape index (κ1) is 21.6. The summed E-state index contributed by atoms with van der Waals surface area (Å²) in [6.07, 6.45) is 5.96. The van der Waals surface area contributed by atoms with Crippen molar-refractivity contribution in [2.45, 2.75) is 76.8 Å². The molecule has 2 saturated carbocycles. The summed E-state index contributed by atoms with van der Waals surface area (Å²) < 4.78 is 13.6. The van der Waals surface area contributed by atoms with E-state index in [1.54, 1.807) is 12.1 Å². The van der Waals surface area contributed by atoms with Crippen LogP contribution in [0.2, 0.25) is 0 Å². The minimum Gasteiger partial charge on any atom is -0.357 e. The van der Waals surface area contributed by atoms with Crippen LogP contribution < -0.4 is 16.0 Å². The number of halogens is 1. The highest BCUT2D eigenvalue weighted by molar-refractivity contribution is 5.81. The van der Waals surface area contributed by atoms with Gasteiger partial charge in [-0.3, -0.25) is 9.79 Å². The number of rotatable bonds is 7. The van der Waals surface area contributed by atoms with Gasteiger partial charge in [0.1, 0.15) is 5.82 Å². The lowest BCUT2D eigenvalue weighted by Gasteiger charge is -2.30. The Morgan fingerprint density at radius 2 is 2.10 bits per heavy atom. The van der Waals surface area contributed by atoms with Crippen LogP contribution >= 0.6 is 0 Å². The standard InChI is InChI=1S/C23H35FN4O/c1-4-25-22(26-15-23(11-12-23)18-8-6-9-19(24)14-18)28-20-10-5-7-17(13-20)21(29)27-16(2)3/h6,8-9,14,16-17,20H,4-5,7,10-13,15H2,1-3H3,(H,27,29)(H2,25,26,28). The van der Waals surface area contributed by atoms with Crippen molar-refractivity contribution in [3.05, 3.63) is 35.6 Å². The largest absolute Gasteiger partial charge is 0.357 e. The van der Waals surface area contributed by atoms with E-state index in [4.69, 9.17) is 4.99 Å². The maximum absolute atomic E-state index is 13.6. The molecule has 0 aliphatic heterocycles. The molecule has 3 rings (SSSR count). The summed E-state index contributed by atoms with van der Waals surface area (Å²) in [6.45, 7) is 7.48. The molecule has 0 heterocycles. The maximum Gasteiger partial charge on any atom is 0.223 e. The molecule has 3 N–H and O–H groups in total. The molecule has 1 amide bonds. The van der Waals surface area contributed by atoms with E-state index in [-0.39, 0.29) is 35.1 Å². The summed E-state index contributed by atoms with van der Waals surface area (Å²) in [5, 5.41) is 9.92. The van der Waals surface area contributed by atoms with Crippen molar-refractivity contribution in [3.63, 3.8) is 0 Å². The van der Waals surface area contributed by atoms with Gasteiger partial charge in [0.15, 0.2) is 5.96 Å². The molecule has 2 unspecified atom stereocenters. The first-order valence-electron chi connectivity index (χ1n) is 11.0. The summed E-state index contributed by atoms with van der Waals surface area (Å²) in [4.78, 5) is 17.2. The molecule has 0 radical (unpaired) electrons. The fraction of sp³-hybridized carbons (Fsp3) is 0.652. The minimum absolute atomic E-state index is 0.0310. The number of carbonyl (C=O) groups is 1. The SMILES string of the molecule is CCNC(=NCC1(c2cccc(F)c2)CC1)NC1CCCC(C(=O)NC(C)C)C1. The maximum atomic E-state index is 13.6. The predicted molar refractivity (Wildman–Crippen MR) is 115 cm³/mol. The van der Waals surface area contributed by atoms with Gasteiger partial charge in [-0.25, -0.2) is 4.39 Å². The Morgan fingerprint density at radius 1 is 1.31 bits per heavy atom. The quantitative estimate of drug-likeness (QED) is 0.483. The highest BCUT2D eigenvalue weighted by atomic mass is 19.1.